The summed E-state index contributed by atoms with van der Waals surface area (Å²) in [5.74, 6) is 0.106. The summed E-state index contributed by atoms with van der Waals surface area (Å²) in [6, 6.07) is 6.03. The van der Waals surface area contributed by atoms with E-state index in [-0.39, 0.29) is 6.04 Å². The number of aromatic nitrogens is 1. The third-order valence-electron chi connectivity index (χ3n) is 4.27. The van der Waals surface area contributed by atoms with Crippen LogP contribution in [0.2, 0.25) is 5.02 Å². The van der Waals surface area contributed by atoms with Crippen LogP contribution in [-0.2, 0) is 4.74 Å². The van der Waals surface area contributed by atoms with Gasteiger partial charge in [-0.25, -0.2) is 4.98 Å². The van der Waals surface area contributed by atoms with Gasteiger partial charge in [-0.2, -0.15) is 0 Å². The lowest BCUT2D eigenvalue weighted by Crippen LogP contribution is -2.43. The Balaban J connectivity index is 1.80. The maximum atomic E-state index is 11.3. The van der Waals surface area contributed by atoms with Crippen LogP contribution in [-0.4, -0.2) is 55.7 Å². The molecule has 1 amide bonds. The molecule has 1 atom stereocenters. The molecular formula is C17H21ClN4O2S. The summed E-state index contributed by atoms with van der Waals surface area (Å²) >= 11 is 8.07. The summed E-state index contributed by atoms with van der Waals surface area (Å²) in [6.07, 6.45) is 1.47. The summed E-state index contributed by atoms with van der Waals surface area (Å²) in [7, 11) is 1.96. The molecule has 0 bridgehead atoms. The van der Waals surface area contributed by atoms with Crippen molar-refractivity contribution >= 4 is 34.7 Å². The summed E-state index contributed by atoms with van der Waals surface area (Å²) < 4.78 is 5.48. The number of pyridine rings is 1. The number of rotatable bonds is 6. The number of anilines is 1. The fourth-order valence-electron chi connectivity index (χ4n) is 2.95. The van der Waals surface area contributed by atoms with Crippen molar-refractivity contribution in [2.75, 3.05) is 44.8 Å². The zero-order valence-corrected chi connectivity index (χ0v) is 15.6. The predicted octanol–water partition coefficient (Wildman–Crippen LogP) is 2.41. The molecule has 0 radical (unpaired) electrons. The molecule has 8 heteroatoms. The molecule has 1 aliphatic heterocycles. The number of hydrogen-bond donors (Lipinski definition) is 1. The van der Waals surface area contributed by atoms with Gasteiger partial charge in [0.1, 0.15) is 5.82 Å². The molecule has 0 aromatic carbocycles. The number of thiophene rings is 1. The van der Waals surface area contributed by atoms with Gasteiger partial charge in [0.2, 0.25) is 5.91 Å². The molecule has 2 aromatic heterocycles. The monoisotopic (exact) mass is 380 g/mol. The number of primary amides is 1. The van der Waals surface area contributed by atoms with Crippen molar-refractivity contribution in [3.63, 3.8) is 0 Å². The fraction of sp³-hybridized carbons (Fsp3) is 0.412. The van der Waals surface area contributed by atoms with E-state index < -0.39 is 5.91 Å². The standard InChI is InChI=1S/C17H21ClN4O2S/c1-21(17-13(18)9-12(10-20-17)16(19)23)11-14(15-3-2-8-25-15)22-4-6-24-7-5-22/h2-3,8-10,14H,4-7,11H2,1H3,(H2,19,23). The highest BCUT2D eigenvalue weighted by molar-refractivity contribution is 7.10. The summed E-state index contributed by atoms with van der Waals surface area (Å²) in [6.45, 7) is 4.04. The lowest BCUT2D eigenvalue weighted by atomic mass is 10.1. The average molecular weight is 381 g/mol. The first-order valence-corrected chi connectivity index (χ1v) is 9.33. The predicted molar refractivity (Wildman–Crippen MR) is 100 cm³/mol. The topological polar surface area (TPSA) is 71.7 Å². The van der Waals surface area contributed by atoms with E-state index in [1.54, 1.807) is 17.4 Å². The molecule has 6 nitrogen and oxygen atoms in total. The second kappa shape index (κ2) is 8.14. The van der Waals surface area contributed by atoms with Gasteiger partial charge >= 0.3 is 0 Å². The van der Waals surface area contributed by atoms with Crippen LogP contribution in [0.3, 0.4) is 0 Å². The third kappa shape index (κ3) is 4.30. The quantitative estimate of drug-likeness (QED) is 0.833. The Labute approximate surface area is 156 Å². The van der Waals surface area contributed by atoms with E-state index in [1.165, 1.54) is 11.1 Å². The van der Waals surface area contributed by atoms with E-state index in [0.29, 0.717) is 16.4 Å². The third-order valence-corrected chi connectivity index (χ3v) is 5.52. The lowest BCUT2D eigenvalue weighted by Gasteiger charge is -2.36. The van der Waals surface area contributed by atoms with Gasteiger partial charge in [-0.1, -0.05) is 17.7 Å². The number of ether oxygens (including phenoxy) is 1. The molecular weight excluding hydrogens is 360 g/mol. The number of carbonyl (C=O) groups excluding carboxylic acids is 1. The zero-order chi connectivity index (χ0) is 17.8. The van der Waals surface area contributed by atoms with Crippen molar-refractivity contribution in [2.45, 2.75) is 6.04 Å². The van der Waals surface area contributed by atoms with Gasteiger partial charge in [0.05, 0.1) is 29.8 Å². The molecule has 0 saturated carbocycles. The van der Waals surface area contributed by atoms with Crippen molar-refractivity contribution < 1.29 is 9.53 Å². The molecule has 134 valence electrons. The van der Waals surface area contributed by atoms with Gasteiger partial charge in [-0.15, -0.1) is 11.3 Å². The highest BCUT2D eigenvalue weighted by Crippen LogP contribution is 2.30. The van der Waals surface area contributed by atoms with Crippen LogP contribution in [0.15, 0.2) is 29.8 Å². The first kappa shape index (κ1) is 18.1. The van der Waals surface area contributed by atoms with E-state index in [2.05, 4.69) is 27.4 Å². The number of nitrogens with two attached hydrogens (primary N) is 1. The van der Waals surface area contributed by atoms with Gasteiger partial charge in [-0.3, -0.25) is 9.69 Å². The van der Waals surface area contributed by atoms with Gasteiger partial charge in [-0.05, 0) is 17.5 Å². The molecule has 1 saturated heterocycles. The fourth-order valence-corrected chi connectivity index (χ4v) is 4.11. The van der Waals surface area contributed by atoms with Gasteiger partial charge < -0.3 is 15.4 Å². The first-order chi connectivity index (χ1) is 12.1. The number of hydrogen-bond acceptors (Lipinski definition) is 6. The van der Waals surface area contributed by atoms with Gasteiger partial charge in [0.25, 0.3) is 0 Å². The van der Waals surface area contributed by atoms with Crippen LogP contribution in [0, 0.1) is 0 Å². The Morgan fingerprint density at radius 1 is 1.52 bits per heavy atom. The molecule has 25 heavy (non-hydrogen) atoms. The van der Waals surface area contributed by atoms with E-state index >= 15 is 0 Å². The van der Waals surface area contributed by atoms with Crippen LogP contribution in [0.1, 0.15) is 21.3 Å². The van der Waals surface area contributed by atoms with Crippen molar-refractivity contribution in [3.8, 4) is 0 Å². The Morgan fingerprint density at radius 2 is 2.28 bits per heavy atom. The van der Waals surface area contributed by atoms with E-state index in [4.69, 9.17) is 22.1 Å². The smallest absolute Gasteiger partial charge is 0.250 e. The number of carbonyl (C=O) groups is 1. The summed E-state index contributed by atoms with van der Waals surface area (Å²) in [4.78, 5) is 21.4. The minimum absolute atomic E-state index is 0.239. The number of halogens is 1. The summed E-state index contributed by atoms with van der Waals surface area (Å²) in [5, 5.41) is 2.51. The maximum Gasteiger partial charge on any atom is 0.250 e. The first-order valence-electron chi connectivity index (χ1n) is 8.08. The van der Waals surface area contributed by atoms with Crippen molar-refractivity contribution in [3.05, 3.63) is 45.2 Å². The number of amides is 1. The van der Waals surface area contributed by atoms with Crippen LogP contribution in [0.5, 0.6) is 0 Å². The lowest BCUT2D eigenvalue weighted by molar-refractivity contribution is 0.0183. The largest absolute Gasteiger partial charge is 0.379 e. The number of likely N-dealkylation sites (N-methyl/N-ethyl adjacent to an activating group) is 1. The second-order valence-corrected chi connectivity index (χ2v) is 7.34. The minimum Gasteiger partial charge on any atom is -0.379 e. The number of nitrogens with zero attached hydrogens (tertiary/aromatic N) is 3. The van der Waals surface area contributed by atoms with Crippen LogP contribution < -0.4 is 10.6 Å². The molecule has 1 aliphatic rings. The summed E-state index contributed by atoms with van der Waals surface area (Å²) in [5.41, 5.74) is 5.59. The molecule has 2 N–H and O–H groups in total. The molecule has 1 unspecified atom stereocenters. The average Bonchev–Trinajstić information content (AvgIpc) is 3.14. The second-order valence-electron chi connectivity index (χ2n) is 5.95. The molecule has 1 fully saturated rings. The van der Waals surface area contributed by atoms with Gasteiger partial charge in [0, 0.05) is 37.8 Å². The maximum absolute atomic E-state index is 11.3. The zero-order valence-electron chi connectivity index (χ0n) is 14.0. The Hall–Kier alpha value is -1.67. The molecule has 3 rings (SSSR count). The highest BCUT2D eigenvalue weighted by atomic mass is 35.5. The van der Waals surface area contributed by atoms with Crippen LogP contribution >= 0.6 is 22.9 Å². The molecule has 0 spiro atoms. The SMILES string of the molecule is CN(CC(c1cccs1)N1CCOCC1)c1ncc(C(N)=O)cc1Cl. The van der Waals surface area contributed by atoms with Crippen molar-refractivity contribution in [1.29, 1.82) is 0 Å². The Bertz CT molecular complexity index is 719. The van der Waals surface area contributed by atoms with Gasteiger partial charge in [0.15, 0.2) is 0 Å². The Kier molecular flexibility index (Phi) is 5.90. The number of morpholine rings is 1. The highest BCUT2D eigenvalue weighted by Gasteiger charge is 2.25. The van der Waals surface area contributed by atoms with Crippen molar-refractivity contribution in [2.24, 2.45) is 5.73 Å². The molecule has 2 aromatic rings. The van der Waals surface area contributed by atoms with E-state index in [0.717, 1.165) is 32.8 Å². The normalized spacial score (nSPS) is 16.6. The Morgan fingerprint density at radius 3 is 2.88 bits per heavy atom. The minimum atomic E-state index is -0.534. The molecule has 3 heterocycles. The van der Waals surface area contributed by atoms with Crippen LogP contribution in [0.4, 0.5) is 5.82 Å². The van der Waals surface area contributed by atoms with E-state index in [1.807, 2.05) is 11.9 Å². The van der Waals surface area contributed by atoms with Crippen LogP contribution in [0.25, 0.3) is 0 Å². The molecule has 0 aliphatic carbocycles. The van der Waals surface area contributed by atoms with Crippen molar-refractivity contribution in [1.82, 2.24) is 9.88 Å². The van der Waals surface area contributed by atoms with E-state index in [9.17, 15) is 4.79 Å².